The van der Waals surface area contributed by atoms with Gasteiger partial charge in [-0.15, -0.1) is 0 Å². The number of aromatic nitrogens is 4. The van der Waals surface area contributed by atoms with E-state index in [0.717, 1.165) is 24.8 Å². The molecule has 3 N–H and O–H groups in total. The van der Waals surface area contributed by atoms with E-state index in [9.17, 15) is 12.8 Å². The highest BCUT2D eigenvalue weighted by molar-refractivity contribution is 7.90. The average Bonchev–Trinajstić information content (AvgIpc) is 3.44. The van der Waals surface area contributed by atoms with Gasteiger partial charge in [0.05, 0.1) is 18.9 Å². The number of nitrogens with one attached hydrogen (secondary N) is 3. The fourth-order valence-electron chi connectivity index (χ4n) is 3.50. The second-order valence-corrected chi connectivity index (χ2v) is 9.66. The van der Waals surface area contributed by atoms with E-state index in [0.29, 0.717) is 37.5 Å². The Bertz CT molecular complexity index is 1240. The molecule has 1 saturated heterocycles. The first-order valence-corrected chi connectivity index (χ1v) is 11.9. The van der Waals surface area contributed by atoms with Crippen LogP contribution in [0.5, 0.6) is 0 Å². The van der Waals surface area contributed by atoms with Crippen LogP contribution in [0.25, 0.3) is 11.0 Å². The summed E-state index contributed by atoms with van der Waals surface area (Å²) in [7, 11) is -3.57. The lowest BCUT2D eigenvalue weighted by Crippen LogP contribution is -2.36. The topological polar surface area (TPSA) is 125 Å². The van der Waals surface area contributed by atoms with Gasteiger partial charge in [-0.2, -0.15) is 15.1 Å². The van der Waals surface area contributed by atoms with Crippen molar-refractivity contribution in [2.75, 3.05) is 48.1 Å². The third-order valence-corrected chi connectivity index (χ3v) is 6.23. The third kappa shape index (κ3) is 4.12. The van der Waals surface area contributed by atoms with Gasteiger partial charge in [-0.3, -0.25) is 5.10 Å². The SMILES string of the molecule is CS(=O)(=O)c1n[nH]c2nc(Nc3ccc(N4CCOCC4)cc3F)nc(NC3CC3)c12. The zero-order valence-electron chi connectivity index (χ0n) is 16.9. The predicted octanol–water partition coefficient (Wildman–Crippen LogP) is 2.05. The number of hydrogen-bond acceptors (Lipinski definition) is 9. The smallest absolute Gasteiger partial charge is 0.231 e. The molecule has 2 fully saturated rings. The summed E-state index contributed by atoms with van der Waals surface area (Å²) >= 11 is 0. The Morgan fingerprint density at radius 1 is 1.23 bits per heavy atom. The zero-order chi connectivity index (χ0) is 21.6. The summed E-state index contributed by atoms with van der Waals surface area (Å²) in [4.78, 5) is 10.8. The summed E-state index contributed by atoms with van der Waals surface area (Å²) in [6.45, 7) is 2.66. The van der Waals surface area contributed by atoms with Gasteiger partial charge in [-0.25, -0.2) is 12.8 Å². The normalized spacial score (nSPS) is 17.2. The lowest BCUT2D eigenvalue weighted by atomic mass is 10.2. The summed E-state index contributed by atoms with van der Waals surface area (Å²) in [6.07, 6.45) is 3.02. The molecule has 164 valence electrons. The average molecular weight is 447 g/mol. The Hall–Kier alpha value is -2.99. The molecule has 0 unspecified atom stereocenters. The lowest BCUT2D eigenvalue weighted by Gasteiger charge is -2.29. The number of morpholine rings is 1. The van der Waals surface area contributed by atoms with E-state index in [1.54, 1.807) is 6.07 Å². The van der Waals surface area contributed by atoms with Crippen molar-refractivity contribution in [2.45, 2.75) is 23.9 Å². The standard InChI is InChI=1S/C19H22FN7O3S/c1-31(28,29)18-15-16(21-11-2-3-11)23-19(24-17(15)25-26-18)22-14-5-4-12(10-13(14)20)27-6-8-30-9-7-27/h4-5,10-11H,2-3,6-9H2,1H3,(H3,21,22,23,24,25,26). The van der Waals surface area contributed by atoms with Crippen LogP contribution in [0.1, 0.15) is 12.8 Å². The number of anilines is 4. The van der Waals surface area contributed by atoms with Crippen LogP contribution in [-0.2, 0) is 14.6 Å². The Morgan fingerprint density at radius 2 is 2.00 bits per heavy atom. The Morgan fingerprint density at radius 3 is 2.68 bits per heavy atom. The van der Waals surface area contributed by atoms with Gasteiger partial charge in [-0.1, -0.05) is 0 Å². The van der Waals surface area contributed by atoms with Crippen molar-refractivity contribution in [1.29, 1.82) is 0 Å². The second kappa shape index (κ2) is 7.61. The molecule has 0 bridgehead atoms. The molecule has 0 spiro atoms. The molecule has 2 aromatic heterocycles. The number of halogens is 1. The number of H-pyrrole nitrogens is 1. The number of ether oxygens (including phenoxy) is 1. The molecule has 0 radical (unpaired) electrons. The van der Waals surface area contributed by atoms with Crippen molar-refractivity contribution in [3.8, 4) is 0 Å². The molecule has 1 aromatic carbocycles. The van der Waals surface area contributed by atoms with Crippen LogP contribution in [0, 0.1) is 5.82 Å². The Balaban J connectivity index is 1.47. The summed E-state index contributed by atoms with van der Waals surface area (Å²) < 4.78 is 44.3. The molecule has 2 aliphatic rings. The van der Waals surface area contributed by atoms with Gasteiger partial charge < -0.3 is 20.3 Å². The summed E-state index contributed by atoms with van der Waals surface area (Å²) in [5.74, 6) is 0.0534. The summed E-state index contributed by atoms with van der Waals surface area (Å²) in [5.41, 5.74) is 1.26. The van der Waals surface area contributed by atoms with Crippen LogP contribution < -0.4 is 15.5 Å². The Labute approximate surface area is 178 Å². The largest absolute Gasteiger partial charge is 0.378 e. The molecule has 5 rings (SSSR count). The van der Waals surface area contributed by atoms with Crippen molar-refractivity contribution in [3.63, 3.8) is 0 Å². The molecular weight excluding hydrogens is 425 g/mol. The first kappa shape index (κ1) is 19.9. The number of benzene rings is 1. The van der Waals surface area contributed by atoms with Crippen molar-refractivity contribution in [3.05, 3.63) is 24.0 Å². The zero-order valence-corrected chi connectivity index (χ0v) is 17.7. The molecule has 10 nitrogen and oxygen atoms in total. The second-order valence-electron chi connectivity index (χ2n) is 7.73. The third-order valence-electron chi connectivity index (χ3n) is 5.23. The number of aromatic amines is 1. The number of sulfone groups is 1. The van der Waals surface area contributed by atoms with E-state index in [2.05, 4.69) is 35.7 Å². The fourth-order valence-corrected chi connectivity index (χ4v) is 4.27. The molecule has 31 heavy (non-hydrogen) atoms. The van der Waals surface area contributed by atoms with Crippen LogP contribution >= 0.6 is 0 Å². The van der Waals surface area contributed by atoms with Crippen molar-refractivity contribution in [2.24, 2.45) is 0 Å². The van der Waals surface area contributed by atoms with Gasteiger partial charge in [0.1, 0.15) is 17.0 Å². The van der Waals surface area contributed by atoms with Gasteiger partial charge in [0.25, 0.3) is 0 Å². The minimum absolute atomic E-state index is 0.113. The van der Waals surface area contributed by atoms with Gasteiger partial charge >= 0.3 is 0 Å². The summed E-state index contributed by atoms with van der Waals surface area (Å²) in [5, 5.41) is 12.9. The van der Waals surface area contributed by atoms with Crippen LogP contribution in [0.4, 0.5) is 27.5 Å². The van der Waals surface area contributed by atoms with Gasteiger partial charge in [0, 0.05) is 31.1 Å². The van der Waals surface area contributed by atoms with Gasteiger partial charge in [0.15, 0.2) is 20.5 Å². The van der Waals surface area contributed by atoms with Crippen LogP contribution in [0.15, 0.2) is 23.2 Å². The fraction of sp³-hybridized carbons (Fsp3) is 0.421. The maximum Gasteiger partial charge on any atom is 0.231 e. The molecule has 1 aliphatic heterocycles. The first-order chi connectivity index (χ1) is 14.9. The van der Waals surface area contributed by atoms with Crippen molar-refractivity contribution < 1.29 is 17.5 Å². The van der Waals surface area contributed by atoms with Gasteiger partial charge in [-0.05, 0) is 31.0 Å². The van der Waals surface area contributed by atoms with E-state index >= 15 is 0 Å². The highest BCUT2D eigenvalue weighted by Crippen LogP contribution is 2.32. The monoisotopic (exact) mass is 447 g/mol. The van der Waals surface area contributed by atoms with Crippen LogP contribution in [0.3, 0.4) is 0 Å². The molecule has 1 saturated carbocycles. The lowest BCUT2D eigenvalue weighted by molar-refractivity contribution is 0.122. The minimum Gasteiger partial charge on any atom is -0.378 e. The molecule has 1 aliphatic carbocycles. The maximum atomic E-state index is 14.8. The molecule has 3 aromatic rings. The van der Waals surface area contributed by atoms with Crippen molar-refractivity contribution in [1.82, 2.24) is 20.2 Å². The van der Waals surface area contributed by atoms with E-state index in [1.807, 2.05) is 6.07 Å². The number of fused-ring (bicyclic) bond motifs is 1. The highest BCUT2D eigenvalue weighted by atomic mass is 32.2. The van der Waals surface area contributed by atoms with E-state index in [1.165, 1.54) is 6.07 Å². The predicted molar refractivity (Wildman–Crippen MR) is 114 cm³/mol. The van der Waals surface area contributed by atoms with Crippen molar-refractivity contribution >= 4 is 44.0 Å². The van der Waals surface area contributed by atoms with Crippen LogP contribution in [-0.4, -0.2) is 67.2 Å². The number of hydrogen-bond donors (Lipinski definition) is 3. The number of nitrogens with zero attached hydrogens (tertiary/aromatic N) is 4. The van der Waals surface area contributed by atoms with Gasteiger partial charge in [0.2, 0.25) is 5.95 Å². The highest BCUT2D eigenvalue weighted by Gasteiger charge is 2.27. The molecule has 12 heteroatoms. The Kier molecular flexibility index (Phi) is 4.89. The molecule has 0 amide bonds. The molecule has 0 atom stereocenters. The molecule has 3 heterocycles. The maximum absolute atomic E-state index is 14.8. The summed E-state index contributed by atoms with van der Waals surface area (Å²) in [6, 6.07) is 5.15. The quantitative estimate of drug-likeness (QED) is 0.520. The first-order valence-electron chi connectivity index (χ1n) is 10.0. The van der Waals surface area contributed by atoms with E-state index < -0.39 is 15.7 Å². The van der Waals surface area contributed by atoms with Crippen LogP contribution in [0.2, 0.25) is 0 Å². The van der Waals surface area contributed by atoms with E-state index in [-0.39, 0.29) is 28.4 Å². The minimum atomic E-state index is -3.57. The number of rotatable bonds is 6. The molecular formula is C19H22FN7O3S. The van der Waals surface area contributed by atoms with E-state index in [4.69, 9.17) is 4.74 Å².